The van der Waals surface area contributed by atoms with Crippen molar-refractivity contribution in [2.75, 3.05) is 6.61 Å². The van der Waals surface area contributed by atoms with Crippen molar-refractivity contribution in [3.05, 3.63) is 0 Å². The zero-order valence-corrected chi connectivity index (χ0v) is 17.0. The van der Waals surface area contributed by atoms with Crippen molar-refractivity contribution >= 4 is 14.8 Å². The van der Waals surface area contributed by atoms with Crippen LogP contribution in [0, 0.1) is 5.41 Å². The summed E-state index contributed by atoms with van der Waals surface area (Å²) >= 11 is 0. The van der Waals surface area contributed by atoms with Crippen molar-refractivity contribution in [1.82, 2.24) is 0 Å². The molecule has 3 fully saturated rings. The molecular weight excluding hydrogens is 302 g/mol. The van der Waals surface area contributed by atoms with Crippen LogP contribution in [0.2, 0.25) is 5.82 Å². The molecule has 1 aliphatic carbocycles. The van der Waals surface area contributed by atoms with E-state index in [2.05, 4.69) is 55.4 Å². The molecule has 3 rings (SSSR count). The zero-order chi connectivity index (χ0) is 18.2. The SMILES string of the molecule is CC1(C)COBOC1(C)C.CC1(C)OB(C2CCCC2)OC1(C)C. The smallest absolute Gasteiger partial charge is 0.413 e. The molecule has 0 aromatic rings. The summed E-state index contributed by atoms with van der Waals surface area (Å²) in [6.07, 6.45) is 5.23. The highest BCUT2D eigenvalue weighted by atomic mass is 16.7. The van der Waals surface area contributed by atoms with E-state index in [-0.39, 0.29) is 29.3 Å². The second-order valence-corrected chi connectivity index (χ2v) is 9.67. The minimum atomic E-state index is -0.153. The molecule has 0 radical (unpaired) electrons. The van der Waals surface area contributed by atoms with Crippen LogP contribution < -0.4 is 0 Å². The summed E-state index contributed by atoms with van der Waals surface area (Å²) in [5, 5.41) is 0. The lowest BCUT2D eigenvalue weighted by atomic mass is 9.71. The first kappa shape index (κ1) is 20.3. The highest BCUT2D eigenvalue weighted by molar-refractivity contribution is 6.47. The highest BCUT2D eigenvalue weighted by Gasteiger charge is 2.53. The van der Waals surface area contributed by atoms with E-state index >= 15 is 0 Å². The first-order chi connectivity index (χ1) is 10.9. The van der Waals surface area contributed by atoms with Crippen molar-refractivity contribution in [1.29, 1.82) is 0 Å². The maximum absolute atomic E-state index is 6.03. The Morgan fingerprint density at radius 1 is 0.792 bits per heavy atom. The number of rotatable bonds is 1. The Bertz CT molecular complexity index is 397. The topological polar surface area (TPSA) is 36.9 Å². The van der Waals surface area contributed by atoms with E-state index in [9.17, 15) is 0 Å². The number of hydrogen-bond donors (Lipinski definition) is 0. The molecule has 2 aliphatic heterocycles. The summed E-state index contributed by atoms with van der Waals surface area (Å²) in [6, 6.07) is 0. The van der Waals surface area contributed by atoms with E-state index < -0.39 is 0 Å². The van der Waals surface area contributed by atoms with E-state index in [1.807, 2.05) is 0 Å². The molecule has 0 bridgehead atoms. The van der Waals surface area contributed by atoms with Crippen molar-refractivity contribution in [2.45, 2.75) is 104 Å². The molecule has 6 heteroatoms. The second-order valence-electron chi connectivity index (χ2n) is 9.67. The Hall–Kier alpha value is -0.0301. The van der Waals surface area contributed by atoms with Gasteiger partial charge in [-0.3, -0.25) is 0 Å². The van der Waals surface area contributed by atoms with Gasteiger partial charge >= 0.3 is 14.8 Å². The average Bonchev–Trinajstić information content (AvgIpc) is 3.01. The van der Waals surface area contributed by atoms with Crippen molar-refractivity contribution in [3.8, 4) is 0 Å². The van der Waals surface area contributed by atoms with Gasteiger partial charge in [-0.15, -0.1) is 0 Å². The molecule has 3 aliphatic rings. The maximum atomic E-state index is 6.03. The van der Waals surface area contributed by atoms with E-state index in [0.717, 1.165) is 6.61 Å². The zero-order valence-electron chi connectivity index (χ0n) is 17.0. The fraction of sp³-hybridized carbons (Fsp3) is 1.00. The molecule has 0 aromatic carbocycles. The van der Waals surface area contributed by atoms with Crippen LogP contribution in [0.1, 0.15) is 81.1 Å². The van der Waals surface area contributed by atoms with Gasteiger partial charge in [0.1, 0.15) is 0 Å². The molecule has 4 nitrogen and oxygen atoms in total. The fourth-order valence-electron chi connectivity index (χ4n) is 3.17. The van der Waals surface area contributed by atoms with Gasteiger partial charge < -0.3 is 18.6 Å². The normalized spacial score (nSPS) is 30.4. The molecule has 0 N–H and O–H groups in total. The summed E-state index contributed by atoms with van der Waals surface area (Å²) < 4.78 is 22.7. The maximum Gasteiger partial charge on any atom is 0.461 e. The van der Waals surface area contributed by atoms with Crippen LogP contribution >= 0.6 is 0 Å². The second kappa shape index (κ2) is 6.94. The lowest BCUT2D eigenvalue weighted by Crippen LogP contribution is -2.50. The van der Waals surface area contributed by atoms with Gasteiger partial charge in [0.2, 0.25) is 0 Å². The largest absolute Gasteiger partial charge is 0.461 e. The van der Waals surface area contributed by atoms with Crippen LogP contribution in [0.3, 0.4) is 0 Å². The summed E-state index contributed by atoms with van der Waals surface area (Å²) in [5.41, 5.74) is -0.225. The first-order valence-electron chi connectivity index (χ1n) is 9.45. The Balaban J connectivity index is 0.000000185. The minimum absolute atomic E-state index is 0.0440. The molecule has 2 heterocycles. The predicted molar refractivity (Wildman–Crippen MR) is 100 cm³/mol. The first-order valence-corrected chi connectivity index (χ1v) is 9.45. The van der Waals surface area contributed by atoms with Gasteiger partial charge in [-0.1, -0.05) is 39.5 Å². The van der Waals surface area contributed by atoms with Gasteiger partial charge in [0, 0.05) is 12.0 Å². The Labute approximate surface area is 149 Å². The molecule has 24 heavy (non-hydrogen) atoms. The molecule has 0 unspecified atom stereocenters. The summed E-state index contributed by atoms with van der Waals surface area (Å²) in [5.74, 6) is 0.635. The van der Waals surface area contributed by atoms with Gasteiger partial charge in [0.05, 0.1) is 16.8 Å². The summed E-state index contributed by atoms with van der Waals surface area (Å²) in [7, 11) is 0.485. The lowest BCUT2D eigenvalue weighted by Gasteiger charge is -2.45. The average molecular weight is 338 g/mol. The molecule has 0 amide bonds. The predicted octanol–water partition coefficient (Wildman–Crippen LogP) is 4.13. The summed E-state index contributed by atoms with van der Waals surface area (Å²) in [6.45, 7) is 17.8. The van der Waals surface area contributed by atoms with Crippen molar-refractivity contribution in [2.24, 2.45) is 5.41 Å². The molecule has 0 aromatic heterocycles. The third kappa shape index (κ3) is 4.20. The Morgan fingerprint density at radius 2 is 1.29 bits per heavy atom. The molecule has 1 saturated carbocycles. The summed E-state index contributed by atoms with van der Waals surface area (Å²) in [4.78, 5) is 0. The van der Waals surface area contributed by atoms with Crippen LogP contribution in [0.15, 0.2) is 0 Å². The quantitative estimate of drug-likeness (QED) is 0.674. The van der Waals surface area contributed by atoms with Crippen molar-refractivity contribution in [3.63, 3.8) is 0 Å². The van der Waals surface area contributed by atoms with Gasteiger partial charge in [-0.05, 0) is 47.4 Å². The van der Waals surface area contributed by atoms with Crippen LogP contribution in [-0.4, -0.2) is 38.2 Å². The van der Waals surface area contributed by atoms with E-state index in [1.54, 1.807) is 0 Å². The highest BCUT2D eigenvalue weighted by Crippen LogP contribution is 2.44. The number of hydrogen-bond acceptors (Lipinski definition) is 4. The molecule has 2 saturated heterocycles. The molecule has 0 spiro atoms. The van der Waals surface area contributed by atoms with E-state index in [0.29, 0.717) is 13.5 Å². The van der Waals surface area contributed by atoms with E-state index in [1.165, 1.54) is 25.7 Å². The fourth-order valence-corrected chi connectivity index (χ4v) is 3.17. The Morgan fingerprint density at radius 3 is 1.67 bits per heavy atom. The van der Waals surface area contributed by atoms with Crippen molar-refractivity contribution < 1.29 is 18.6 Å². The monoisotopic (exact) mass is 338 g/mol. The standard InChI is InChI=1S/C11H21BO2.C7H15BO2/c1-10(2)11(3,4)14-12(13-10)9-7-5-6-8-9;1-6(2)5-9-8-10-7(6,3)4/h9H,5-8H2,1-4H3;8H,5H2,1-4H3. The van der Waals surface area contributed by atoms with Gasteiger partial charge in [0.15, 0.2) is 0 Å². The lowest BCUT2D eigenvalue weighted by molar-refractivity contribution is -0.0873. The third-order valence-electron chi connectivity index (χ3n) is 6.65. The van der Waals surface area contributed by atoms with Gasteiger partial charge in [-0.25, -0.2) is 0 Å². The van der Waals surface area contributed by atoms with Crippen LogP contribution in [-0.2, 0) is 18.6 Å². The van der Waals surface area contributed by atoms with E-state index in [4.69, 9.17) is 18.6 Å². The van der Waals surface area contributed by atoms with Crippen LogP contribution in [0.4, 0.5) is 0 Å². The van der Waals surface area contributed by atoms with Crippen LogP contribution in [0.25, 0.3) is 0 Å². The Kier molecular flexibility index (Phi) is 5.87. The third-order valence-corrected chi connectivity index (χ3v) is 6.65. The van der Waals surface area contributed by atoms with Crippen LogP contribution in [0.5, 0.6) is 0 Å². The molecular formula is C18H36B2O4. The van der Waals surface area contributed by atoms with Gasteiger partial charge in [0.25, 0.3) is 0 Å². The van der Waals surface area contributed by atoms with Gasteiger partial charge in [-0.2, -0.15) is 0 Å². The minimum Gasteiger partial charge on any atom is -0.413 e. The molecule has 0 atom stereocenters. The molecule has 138 valence electrons.